The van der Waals surface area contributed by atoms with Crippen LogP contribution in [0, 0.1) is 0 Å². The number of urea groups is 1. The number of nitrogens with one attached hydrogen (secondary N) is 2. The number of alkyl halides is 1. The third-order valence-corrected chi connectivity index (χ3v) is 6.47. The van der Waals surface area contributed by atoms with Gasteiger partial charge in [0.25, 0.3) is 0 Å². The van der Waals surface area contributed by atoms with Gasteiger partial charge in [0.1, 0.15) is 6.10 Å². The van der Waals surface area contributed by atoms with Gasteiger partial charge in [-0.2, -0.15) is 0 Å². The molecule has 7 heteroatoms. The lowest BCUT2D eigenvalue weighted by atomic mass is 10.0. The van der Waals surface area contributed by atoms with Gasteiger partial charge in [-0.05, 0) is 25.9 Å². The summed E-state index contributed by atoms with van der Waals surface area (Å²) in [6.45, 7) is 7.08. The van der Waals surface area contributed by atoms with Gasteiger partial charge >= 0.3 is 6.03 Å². The molecule has 1 saturated heterocycles. The molecule has 2 rings (SSSR count). The number of hydrogen-bond donors (Lipinski definition) is 3. The Balaban J connectivity index is 2.08. The molecule has 0 aromatic rings. The lowest BCUT2D eigenvalue weighted by molar-refractivity contribution is 0.0202. The Morgan fingerprint density at radius 2 is 2.19 bits per heavy atom. The fourth-order valence-electron chi connectivity index (χ4n) is 2.42. The molecule has 118 valence electrons. The SMILES string of the molecule is C=C1NC(=O)NC=C1[C@@H]1OC(CCP(=C)(C)C)[C@@H](O)[C@H]1I. The fourth-order valence-corrected chi connectivity index (χ4v) is 4.39. The van der Waals surface area contributed by atoms with E-state index >= 15 is 0 Å². The van der Waals surface area contributed by atoms with Gasteiger partial charge < -0.3 is 20.5 Å². The van der Waals surface area contributed by atoms with Gasteiger partial charge in [-0.15, -0.1) is 13.2 Å². The quantitative estimate of drug-likeness (QED) is 0.366. The third-order valence-electron chi connectivity index (χ3n) is 3.61. The third kappa shape index (κ3) is 4.12. The van der Waals surface area contributed by atoms with E-state index in [9.17, 15) is 9.90 Å². The maximum atomic E-state index is 11.2. The molecule has 4 atom stereocenters. The molecule has 1 unspecified atom stereocenters. The first-order valence-corrected chi connectivity index (χ1v) is 11.1. The number of carbonyl (C=O) groups is 1. The highest BCUT2D eigenvalue weighted by Crippen LogP contribution is 2.40. The Morgan fingerprint density at radius 3 is 2.76 bits per heavy atom. The summed E-state index contributed by atoms with van der Waals surface area (Å²) in [5.41, 5.74) is 1.32. The van der Waals surface area contributed by atoms with Crippen molar-refractivity contribution in [2.75, 3.05) is 19.5 Å². The molecule has 5 nitrogen and oxygen atoms in total. The first-order chi connectivity index (χ1) is 9.69. The molecule has 0 aliphatic carbocycles. The molecule has 1 fully saturated rings. The van der Waals surface area contributed by atoms with E-state index in [1.807, 2.05) is 0 Å². The van der Waals surface area contributed by atoms with Crippen LogP contribution in [0.2, 0.25) is 0 Å². The van der Waals surface area contributed by atoms with Crippen LogP contribution in [0.15, 0.2) is 24.0 Å². The van der Waals surface area contributed by atoms with Crippen LogP contribution in [0.4, 0.5) is 4.79 Å². The molecule has 3 N–H and O–H groups in total. The van der Waals surface area contributed by atoms with Crippen molar-refractivity contribution in [1.29, 1.82) is 0 Å². The van der Waals surface area contributed by atoms with E-state index in [0.717, 1.165) is 18.2 Å². The number of rotatable bonds is 4. The molecule has 2 heterocycles. The average Bonchev–Trinajstić information content (AvgIpc) is 2.64. The van der Waals surface area contributed by atoms with Crippen LogP contribution in [-0.4, -0.2) is 59.2 Å². The van der Waals surface area contributed by atoms with Crippen LogP contribution in [0.5, 0.6) is 0 Å². The van der Waals surface area contributed by atoms with Crippen LogP contribution >= 0.6 is 29.5 Å². The predicted octanol–water partition coefficient (Wildman–Crippen LogP) is 1.73. The molecule has 2 aliphatic rings. The van der Waals surface area contributed by atoms with Crippen molar-refractivity contribution < 1.29 is 14.6 Å². The van der Waals surface area contributed by atoms with E-state index in [2.05, 4.69) is 59.4 Å². The largest absolute Gasteiger partial charge is 0.389 e. The van der Waals surface area contributed by atoms with Gasteiger partial charge in [0, 0.05) is 17.5 Å². The normalized spacial score (nSPS) is 33.4. The highest BCUT2D eigenvalue weighted by atomic mass is 127. The van der Waals surface area contributed by atoms with Crippen LogP contribution in [-0.2, 0) is 4.74 Å². The van der Waals surface area contributed by atoms with E-state index in [1.54, 1.807) is 6.20 Å². The molecule has 2 aliphatic heterocycles. The minimum atomic E-state index is -1.13. The predicted molar refractivity (Wildman–Crippen MR) is 96.7 cm³/mol. The monoisotopic (exact) mass is 424 g/mol. The molecule has 0 aromatic heterocycles. The van der Waals surface area contributed by atoms with Gasteiger partial charge in [0.15, 0.2) is 0 Å². The summed E-state index contributed by atoms with van der Waals surface area (Å²) < 4.78 is 5.97. The van der Waals surface area contributed by atoms with E-state index in [1.165, 1.54) is 0 Å². The van der Waals surface area contributed by atoms with Crippen LogP contribution < -0.4 is 10.6 Å². The molecule has 0 aromatic carbocycles. The van der Waals surface area contributed by atoms with E-state index in [4.69, 9.17) is 4.74 Å². The van der Waals surface area contributed by atoms with Crippen molar-refractivity contribution in [3.8, 4) is 0 Å². The van der Waals surface area contributed by atoms with Gasteiger partial charge in [-0.1, -0.05) is 29.2 Å². The summed E-state index contributed by atoms with van der Waals surface area (Å²) in [7, 11) is 0. The first kappa shape index (κ1) is 17.1. The van der Waals surface area contributed by atoms with E-state index in [0.29, 0.717) is 5.70 Å². The fraction of sp³-hybridized carbons (Fsp3) is 0.571. The smallest absolute Gasteiger partial charge is 0.323 e. The van der Waals surface area contributed by atoms with Gasteiger partial charge in [-0.25, -0.2) is 4.79 Å². The van der Waals surface area contributed by atoms with Crippen molar-refractivity contribution in [2.45, 2.75) is 28.7 Å². The molecule has 0 bridgehead atoms. The Hall–Kier alpha value is -0.300. The zero-order valence-electron chi connectivity index (χ0n) is 12.3. The Kier molecular flexibility index (Phi) is 5.23. The summed E-state index contributed by atoms with van der Waals surface area (Å²) in [4.78, 5) is 11.2. The Bertz CT molecular complexity index is 528. The van der Waals surface area contributed by atoms with E-state index < -0.39 is 13.0 Å². The standard InChI is InChI=1S/C14H22IN2O3P/c1-8-9(7-16-14(19)17-8)13-11(15)12(18)10(20-13)5-6-21(2,3)4/h7,10-13,18H,1-2,5-6H2,3-4H3,(H2,16,17,19)/t10?,11-,12-,13+/m1/s1. The lowest BCUT2D eigenvalue weighted by Crippen LogP contribution is -2.40. The van der Waals surface area contributed by atoms with Crippen LogP contribution in [0.25, 0.3) is 0 Å². The Morgan fingerprint density at radius 1 is 1.52 bits per heavy atom. The molecule has 0 radical (unpaired) electrons. The minimum absolute atomic E-state index is 0.0707. The summed E-state index contributed by atoms with van der Waals surface area (Å²) in [6, 6.07) is -0.299. The number of halogens is 1. The number of aliphatic hydroxyl groups excluding tert-OH is 1. The molecular formula is C14H22IN2O3P. The number of aliphatic hydroxyl groups is 1. The highest BCUT2D eigenvalue weighted by Gasteiger charge is 2.44. The second-order valence-corrected chi connectivity index (χ2v) is 11.9. The molecule has 2 amide bonds. The topological polar surface area (TPSA) is 70.6 Å². The number of carbonyl (C=O) groups excluding carboxylic acids is 1. The zero-order valence-corrected chi connectivity index (χ0v) is 15.4. The number of amides is 2. The second-order valence-electron chi connectivity index (χ2n) is 6.15. The summed E-state index contributed by atoms with van der Waals surface area (Å²) in [5.74, 6) is 0. The average molecular weight is 424 g/mol. The van der Waals surface area contributed by atoms with Gasteiger partial charge in [0.2, 0.25) is 0 Å². The minimum Gasteiger partial charge on any atom is -0.389 e. The van der Waals surface area contributed by atoms with Crippen molar-refractivity contribution in [2.24, 2.45) is 0 Å². The van der Waals surface area contributed by atoms with Crippen molar-refractivity contribution >= 4 is 41.8 Å². The van der Waals surface area contributed by atoms with E-state index in [-0.39, 0.29) is 22.2 Å². The molecule has 21 heavy (non-hydrogen) atoms. The summed E-state index contributed by atoms with van der Waals surface area (Å²) in [5, 5.41) is 15.6. The number of ether oxygens (including phenoxy) is 1. The lowest BCUT2D eigenvalue weighted by Gasteiger charge is -2.24. The highest BCUT2D eigenvalue weighted by molar-refractivity contribution is 14.1. The Labute approximate surface area is 139 Å². The summed E-state index contributed by atoms with van der Waals surface area (Å²) in [6.07, 6.45) is 6.63. The maximum Gasteiger partial charge on any atom is 0.323 e. The summed E-state index contributed by atoms with van der Waals surface area (Å²) >= 11 is 2.21. The number of hydrogen-bond acceptors (Lipinski definition) is 3. The van der Waals surface area contributed by atoms with Crippen molar-refractivity contribution in [1.82, 2.24) is 10.6 Å². The van der Waals surface area contributed by atoms with Gasteiger partial charge in [0.05, 0.1) is 16.1 Å². The van der Waals surface area contributed by atoms with Crippen molar-refractivity contribution in [3.05, 3.63) is 24.0 Å². The molecule has 0 saturated carbocycles. The van der Waals surface area contributed by atoms with Crippen molar-refractivity contribution in [3.63, 3.8) is 0 Å². The van der Waals surface area contributed by atoms with Crippen LogP contribution in [0.3, 0.4) is 0 Å². The second kappa shape index (κ2) is 6.44. The zero-order chi connectivity index (χ0) is 15.8. The first-order valence-electron chi connectivity index (χ1n) is 6.81. The van der Waals surface area contributed by atoms with Gasteiger partial charge in [-0.3, -0.25) is 0 Å². The molecular weight excluding hydrogens is 402 g/mol. The molecule has 0 spiro atoms. The maximum absolute atomic E-state index is 11.2. The van der Waals surface area contributed by atoms with Crippen LogP contribution in [0.1, 0.15) is 6.42 Å².